The van der Waals surface area contributed by atoms with E-state index in [9.17, 15) is 14.7 Å². The second-order valence-electron chi connectivity index (χ2n) is 4.74. The number of hydrogen-bond donors (Lipinski definition) is 3. The highest BCUT2D eigenvalue weighted by Gasteiger charge is 2.28. The van der Waals surface area contributed by atoms with E-state index in [1.54, 1.807) is 11.1 Å². The number of amides is 2. The lowest BCUT2D eigenvalue weighted by Crippen LogP contribution is -2.55. The molecule has 1 aliphatic heterocycles. The summed E-state index contributed by atoms with van der Waals surface area (Å²) >= 11 is 0. The van der Waals surface area contributed by atoms with Crippen molar-refractivity contribution in [1.82, 2.24) is 20.2 Å². The van der Waals surface area contributed by atoms with E-state index in [1.807, 2.05) is 6.92 Å². The predicted molar refractivity (Wildman–Crippen MR) is 69.2 cm³/mol. The smallest absolute Gasteiger partial charge is 0.326 e. The summed E-state index contributed by atoms with van der Waals surface area (Å²) in [4.78, 5) is 31.6. The number of nitrogens with zero attached hydrogens (tertiary/aromatic N) is 2. The Morgan fingerprint density at radius 1 is 1.70 bits per heavy atom. The van der Waals surface area contributed by atoms with E-state index in [2.05, 4.69) is 15.3 Å². The Kier molecular flexibility index (Phi) is 4.57. The summed E-state index contributed by atoms with van der Waals surface area (Å²) < 4.78 is 5.25. The number of H-pyrrole nitrogens is 1. The van der Waals surface area contributed by atoms with Gasteiger partial charge in [0.05, 0.1) is 25.6 Å². The van der Waals surface area contributed by atoms with E-state index < -0.39 is 12.0 Å². The maximum Gasteiger partial charge on any atom is 0.326 e. The third kappa shape index (κ3) is 3.47. The third-order valence-corrected chi connectivity index (χ3v) is 3.20. The van der Waals surface area contributed by atoms with Crippen LogP contribution in [0.15, 0.2) is 12.5 Å². The largest absolute Gasteiger partial charge is 0.480 e. The molecular weight excluding hydrogens is 264 g/mol. The van der Waals surface area contributed by atoms with Crippen molar-refractivity contribution in [2.75, 3.05) is 19.8 Å². The van der Waals surface area contributed by atoms with Crippen LogP contribution in [0.25, 0.3) is 0 Å². The fourth-order valence-corrected chi connectivity index (χ4v) is 2.08. The minimum atomic E-state index is -1.08. The molecule has 2 heterocycles. The molecule has 1 unspecified atom stereocenters. The van der Waals surface area contributed by atoms with Gasteiger partial charge in [0.2, 0.25) is 0 Å². The average molecular weight is 282 g/mol. The second kappa shape index (κ2) is 6.38. The van der Waals surface area contributed by atoms with Gasteiger partial charge in [0.1, 0.15) is 6.04 Å². The topological polar surface area (TPSA) is 108 Å². The number of carbonyl (C=O) groups excluding carboxylic acids is 1. The molecule has 1 aromatic rings. The number of carboxylic acids is 1. The average Bonchev–Trinajstić information content (AvgIpc) is 2.91. The molecule has 0 aromatic carbocycles. The van der Waals surface area contributed by atoms with Crippen LogP contribution in [0.1, 0.15) is 12.6 Å². The maximum absolute atomic E-state index is 12.1. The summed E-state index contributed by atoms with van der Waals surface area (Å²) in [5.41, 5.74) is 0.660. The molecule has 110 valence electrons. The Labute approximate surface area is 116 Å². The van der Waals surface area contributed by atoms with Crippen LogP contribution in [0.2, 0.25) is 0 Å². The Balaban J connectivity index is 1.96. The molecule has 2 atom stereocenters. The Morgan fingerprint density at radius 2 is 2.50 bits per heavy atom. The lowest BCUT2D eigenvalue weighted by Gasteiger charge is -2.34. The molecule has 8 heteroatoms. The zero-order valence-corrected chi connectivity index (χ0v) is 11.2. The van der Waals surface area contributed by atoms with Gasteiger partial charge < -0.3 is 25.0 Å². The number of ether oxygens (including phenoxy) is 1. The van der Waals surface area contributed by atoms with E-state index in [0.717, 1.165) is 0 Å². The molecule has 0 bridgehead atoms. The summed E-state index contributed by atoms with van der Waals surface area (Å²) in [7, 11) is 0. The SMILES string of the molecule is CC1COCCN1C(=O)N[C@@H](Cc1cnc[nH]1)C(=O)O. The monoisotopic (exact) mass is 282 g/mol. The van der Waals surface area contributed by atoms with Gasteiger partial charge in [0, 0.05) is 24.9 Å². The number of nitrogens with one attached hydrogen (secondary N) is 2. The quantitative estimate of drug-likeness (QED) is 0.711. The van der Waals surface area contributed by atoms with E-state index >= 15 is 0 Å². The molecule has 1 saturated heterocycles. The number of imidazole rings is 1. The number of hydrogen-bond acceptors (Lipinski definition) is 4. The Morgan fingerprint density at radius 3 is 3.10 bits per heavy atom. The first-order chi connectivity index (χ1) is 9.58. The van der Waals surface area contributed by atoms with Crippen molar-refractivity contribution in [3.63, 3.8) is 0 Å². The molecule has 1 aromatic heterocycles. The number of carboxylic acid groups (broad SMARTS) is 1. The van der Waals surface area contributed by atoms with Crippen molar-refractivity contribution in [2.24, 2.45) is 0 Å². The molecule has 0 radical (unpaired) electrons. The van der Waals surface area contributed by atoms with Crippen molar-refractivity contribution in [1.29, 1.82) is 0 Å². The molecule has 1 fully saturated rings. The standard InChI is InChI=1S/C12H18N4O4/c1-8-6-20-3-2-16(8)12(19)15-10(11(17)18)4-9-5-13-7-14-9/h5,7-8,10H,2-4,6H2,1H3,(H,13,14)(H,15,19)(H,17,18)/t8?,10-/m0/s1. The first-order valence-electron chi connectivity index (χ1n) is 6.43. The first-order valence-corrected chi connectivity index (χ1v) is 6.43. The summed E-state index contributed by atoms with van der Waals surface area (Å²) in [6.07, 6.45) is 3.18. The van der Waals surface area contributed by atoms with Crippen molar-refractivity contribution in [3.05, 3.63) is 18.2 Å². The van der Waals surface area contributed by atoms with Crippen LogP contribution >= 0.6 is 0 Å². The van der Waals surface area contributed by atoms with Gasteiger partial charge >= 0.3 is 12.0 Å². The molecule has 1 aliphatic rings. The fraction of sp³-hybridized carbons (Fsp3) is 0.583. The van der Waals surface area contributed by atoms with Crippen LogP contribution in [0, 0.1) is 0 Å². The summed E-state index contributed by atoms with van der Waals surface area (Å²) in [6, 6.07) is -1.43. The zero-order valence-electron chi connectivity index (χ0n) is 11.2. The fourth-order valence-electron chi connectivity index (χ4n) is 2.08. The molecule has 0 aliphatic carbocycles. The minimum absolute atomic E-state index is 0.0645. The minimum Gasteiger partial charge on any atom is -0.480 e. The first kappa shape index (κ1) is 14.3. The number of aromatic nitrogens is 2. The highest BCUT2D eigenvalue weighted by Crippen LogP contribution is 2.07. The number of aromatic amines is 1. The Hall–Kier alpha value is -2.09. The second-order valence-corrected chi connectivity index (χ2v) is 4.74. The summed E-state index contributed by atoms with van der Waals surface area (Å²) in [6.45, 7) is 3.26. The molecule has 3 N–H and O–H groups in total. The van der Waals surface area contributed by atoms with Gasteiger partial charge in [-0.25, -0.2) is 14.6 Å². The van der Waals surface area contributed by atoms with Crippen LogP contribution in [-0.4, -0.2) is 63.8 Å². The lowest BCUT2D eigenvalue weighted by molar-refractivity contribution is -0.139. The van der Waals surface area contributed by atoms with Crippen LogP contribution in [0.3, 0.4) is 0 Å². The predicted octanol–water partition coefficient (Wildman–Crippen LogP) is -0.164. The number of morpholine rings is 1. The Bertz CT molecular complexity index is 462. The normalized spacial score (nSPS) is 20.4. The molecule has 8 nitrogen and oxygen atoms in total. The summed E-state index contributed by atoms with van der Waals surface area (Å²) in [5, 5.41) is 11.7. The van der Waals surface area contributed by atoms with Crippen molar-refractivity contribution in [2.45, 2.75) is 25.4 Å². The van der Waals surface area contributed by atoms with Crippen LogP contribution < -0.4 is 5.32 Å². The van der Waals surface area contributed by atoms with Crippen molar-refractivity contribution in [3.8, 4) is 0 Å². The number of urea groups is 1. The van der Waals surface area contributed by atoms with Crippen LogP contribution in [0.4, 0.5) is 4.79 Å². The lowest BCUT2D eigenvalue weighted by atomic mass is 10.1. The van der Waals surface area contributed by atoms with Crippen LogP contribution in [-0.2, 0) is 16.0 Å². The highest BCUT2D eigenvalue weighted by atomic mass is 16.5. The van der Waals surface area contributed by atoms with Gasteiger partial charge in [-0.2, -0.15) is 0 Å². The molecule has 0 spiro atoms. The third-order valence-electron chi connectivity index (χ3n) is 3.20. The highest BCUT2D eigenvalue weighted by molar-refractivity contribution is 5.83. The van der Waals surface area contributed by atoms with E-state index in [4.69, 9.17) is 4.74 Å². The van der Waals surface area contributed by atoms with Gasteiger partial charge in [-0.15, -0.1) is 0 Å². The van der Waals surface area contributed by atoms with Gasteiger partial charge in [0.25, 0.3) is 0 Å². The summed E-state index contributed by atoms with van der Waals surface area (Å²) in [5.74, 6) is -1.08. The van der Waals surface area contributed by atoms with E-state index in [0.29, 0.717) is 25.5 Å². The molecular formula is C12H18N4O4. The molecule has 2 rings (SSSR count). The van der Waals surface area contributed by atoms with Gasteiger partial charge in [-0.05, 0) is 6.92 Å². The maximum atomic E-state index is 12.1. The van der Waals surface area contributed by atoms with Crippen molar-refractivity contribution >= 4 is 12.0 Å². The molecule has 0 saturated carbocycles. The van der Waals surface area contributed by atoms with Crippen LogP contribution in [0.5, 0.6) is 0 Å². The molecule has 20 heavy (non-hydrogen) atoms. The van der Waals surface area contributed by atoms with Gasteiger partial charge in [0.15, 0.2) is 0 Å². The van der Waals surface area contributed by atoms with Crippen molar-refractivity contribution < 1.29 is 19.4 Å². The number of carbonyl (C=O) groups is 2. The molecule has 2 amide bonds. The van der Waals surface area contributed by atoms with Gasteiger partial charge in [-0.1, -0.05) is 0 Å². The van der Waals surface area contributed by atoms with Gasteiger partial charge in [-0.3, -0.25) is 0 Å². The zero-order chi connectivity index (χ0) is 14.5. The van der Waals surface area contributed by atoms with E-state index in [-0.39, 0.29) is 18.5 Å². The number of aliphatic carboxylic acids is 1. The number of rotatable bonds is 4. The van der Waals surface area contributed by atoms with E-state index in [1.165, 1.54) is 6.33 Å².